The lowest BCUT2D eigenvalue weighted by molar-refractivity contribution is 0.354. The quantitative estimate of drug-likeness (QED) is 0.515. The Labute approximate surface area is 137 Å². The first kappa shape index (κ1) is 19.2. The molecule has 1 aromatic carbocycles. The predicted octanol–water partition coefficient (Wildman–Crippen LogP) is 1.40. The molecular formula is C15H22N2O5S. The molecule has 128 valence electrons. The number of ether oxygens (including phenoxy) is 2. The Kier molecular flexibility index (Phi) is 6.81. The first-order valence-electron chi connectivity index (χ1n) is 7.05. The molecule has 7 nitrogen and oxygen atoms in total. The molecule has 1 atom stereocenters. The molecule has 0 fully saturated rings. The minimum absolute atomic E-state index is 0.224. The Balaban J connectivity index is 2.72. The minimum Gasteiger partial charge on any atom is -0.493 e. The molecule has 0 saturated carbocycles. The molecule has 0 saturated heterocycles. The van der Waals surface area contributed by atoms with Crippen molar-refractivity contribution < 1.29 is 22.4 Å². The van der Waals surface area contributed by atoms with Crippen LogP contribution in [0.15, 0.2) is 18.2 Å². The third-order valence-electron chi connectivity index (χ3n) is 3.35. The van der Waals surface area contributed by atoms with Crippen LogP contribution in [0.5, 0.6) is 11.5 Å². The highest BCUT2D eigenvalue weighted by molar-refractivity contribution is 7.85. The smallest absolute Gasteiger partial charge is 0.264 e. The number of nitrogens with zero attached hydrogens (tertiary/aromatic N) is 1. The Morgan fingerprint density at radius 3 is 2.48 bits per heavy atom. The Bertz CT molecular complexity index is 669. The van der Waals surface area contributed by atoms with Crippen molar-refractivity contribution in [1.82, 2.24) is 5.32 Å². The highest BCUT2D eigenvalue weighted by Crippen LogP contribution is 2.28. The van der Waals surface area contributed by atoms with Gasteiger partial charge in [-0.15, -0.1) is 0 Å². The third kappa shape index (κ3) is 6.44. The summed E-state index contributed by atoms with van der Waals surface area (Å²) in [5.74, 6) is 0.852. The molecule has 0 spiro atoms. The maximum absolute atomic E-state index is 10.7. The van der Waals surface area contributed by atoms with Crippen molar-refractivity contribution in [2.45, 2.75) is 25.3 Å². The summed E-state index contributed by atoms with van der Waals surface area (Å²) in [5.41, 5.74) is 0.0210. The maximum Gasteiger partial charge on any atom is 0.264 e. The van der Waals surface area contributed by atoms with Crippen LogP contribution in [0.25, 0.3) is 0 Å². The molecule has 1 aromatic rings. The van der Waals surface area contributed by atoms with Crippen LogP contribution in [0, 0.1) is 11.3 Å². The zero-order chi connectivity index (χ0) is 17.5. The van der Waals surface area contributed by atoms with Gasteiger partial charge in [0.1, 0.15) is 5.54 Å². The van der Waals surface area contributed by atoms with Crippen molar-refractivity contribution in [1.29, 1.82) is 5.26 Å². The lowest BCUT2D eigenvalue weighted by Crippen LogP contribution is -2.43. The van der Waals surface area contributed by atoms with Gasteiger partial charge in [-0.25, -0.2) is 0 Å². The van der Waals surface area contributed by atoms with Gasteiger partial charge in [0.05, 0.1) is 26.0 Å². The van der Waals surface area contributed by atoms with Crippen molar-refractivity contribution in [2.24, 2.45) is 0 Å². The fourth-order valence-electron chi connectivity index (χ4n) is 2.16. The second-order valence-corrected chi connectivity index (χ2v) is 6.95. The highest BCUT2D eigenvalue weighted by Gasteiger charge is 2.24. The van der Waals surface area contributed by atoms with E-state index in [4.69, 9.17) is 14.0 Å². The molecule has 0 bridgehead atoms. The summed E-state index contributed by atoms with van der Waals surface area (Å²) in [6.45, 7) is 2.04. The van der Waals surface area contributed by atoms with E-state index < -0.39 is 15.7 Å². The van der Waals surface area contributed by atoms with Crippen molar-refractivity contribution in [3.63, 3.8) is 0 Å². The zero-order valence-corrected chi connectivity index (χ0v) is 14.3. The van der Waals surface area contributed by atoms with Crippen molar-refractivity contribution in [2.75, 3.05) is 26.5 Å². The normalized spacial score (nSPS) is 13.9. The molecule has 0 aliphatic heterocycles. The number of hydrogen-bond acceptors (Lipinski definition) is 6. The zero-order valence-electron chi connectivity index (χ0n) is 13.5. The molecular weight excluding hydrogens is 320 g/mol. The SMILES string of the molecule is COc1ccc(CC(C)(C#N)NCCCS(=O)(=O)O)cc1OC. The van der Waals surface area contributed by atoms with Crippen molar-refractivity contribution >= 4 is 10.1 Å². The van der Waals surface area contributed by atoms with Crippen LogP contribution in [-0.2, 0) is 16.5 Å². The van der Waals surface area contributed by atoms with Crippen LogP contribution in [0.1, 0.15) is 18.9 Å². The molecule has 0 heterocycles. The number of rotatable bonds is 9. The van der Waals surface area contributed by atoms with Gasteiger partial charge in [0, 0.05) is 6.42 Å². The fraction of sp³-hybridized carbons (Fsp3) is 0.533. The Hall–Kier alpha value is -1.82. The van der Waals surface area contributed by atoms with Crippen LogP contribution >= 0.6 is 0 Å². The molecule has 0 aliphatic carbocycles. The number of hydrogen-bond donors (Lipinski definition) is 2. The second-order valence-electron chi connectivity index (χ2n) is 5.38. The summed E-state index contributed by atoms with van der Waals surface area (Å²) in [6, 6.07) is 7.61. The van der Waals surface area contributed by atoms with E-state index in [0.29, 0.717) is 24.5 Å². The summed E-state index contributed by atoms with van der Waals surface area (Å²) in [4.78, 5) is 0. The van der Waals surface area contributed by atoms with Gasteiger partial charge < -0.3 is 9.47 Å². The molecule has 8 heteroatoms. The number of nitrogens with one attached hydrogen (secondary N) is 1. The Morgan fingerprint density at radius 1 is 1.30 bits per heavy atom. The van der Waals surface area contributed by atoms with Crippen LogP contribution in [0.3, 0.4) is 0 Å². The largest absolute Gasteiger partial charge is 0.493 e. The summed E-state index contributed by atoms with van der Waals surface area (Å²) in [6.07, 6.45) is 0.637. The number of benzene rings is 1. The van der Waals surface area contributed by atoms with Crippen LogP contribution in [0.4, 0.5) is 0 Å². The van der Waals surface area contributed by atoms with Crippen molar-refractivity contribution in [3.05, 3.63) is 23.8 Å². The van der Waals surface area contributed by atoms with Gasteiger partial charge in [-0.2, -0.15) is 13.7 Å². The topological polar surface area (TPSA) is 109 Å². The number of nitriles is 1. The van der Waals surface area contributed by atoms with E-state index in [0.717, 1.165) is 5.56 Å². The summed E-state index contributed by atoms with van der Waals surface area (Å²) in [5, 5.41) is 12.4. The summed E-state index contributed by atoms with van der Waals surface area (Å²) < 4.78 is 40.5. The first-order valence-corrected chi connectivity index (χ1v) is 8.66. The molecule has 1 rings (SSSR count). The lowest BCUT2D eigenvalue weighted by atomic mass is 9.94. The predicted molar refractivity (Wildman–Crippen MR) is 86.3 cm³/mol. The van der Waals surface area contributed by atoms with Crippen LogP contribution in [-0.4, -0.2) is 45.0 Å². The van der Waals surface area contributed by atoms with Gasteiger partial charge in [0.2, 0.25) is 0 Å². The van der Waals surface area contributed by atoms with E-state index in [1.165, 1.54) is 0 Å². The molecule has 2 N–H and O–H groups in total. The van der Waals surface area contributed by atoms with Gasteiger partial charge in [-0.1, -0.05) is 6.07 Å². The average molecular weight is 342 g/mol. The molecule has 1 unspecified atom stereocenters. The first-order chi connectivity index (χ1) is 10.7. The van der Waals surface area contributed by atoms with Gasteiger partial charge >= 0.3 is 0 Å². The highest BCUT2D eigenvalue weighted by atomic mass is 32.2. The Morgan fingerprint density at radius 2 is 1.96 bits per heavy atom. The molecule has 0 amide bonds. The maximum atomic E-state index is 10.7. The van der Waals surface area contributed by atoms with E-state index in [1.54, 1.807) is 33.3 Å². The van der Waals surface area contributed by atoms with Gasteiger partial charge in [-0.05, 0) is 37.6 Å². The standard InChI is InChI=1S/C15H22N2O5S/c1-15(11-16,17-7-4-8-23(18,19)20)10-12-5-6-13(21-2)14(9-12)22-3/h5-6,9,17H,4,7-8,10H2,1-3H3,(H,18,19,20). The van der Waals surface area contributed by atoms with E-state index in [-0.39, 0.29) is 12.2 Å². The van der Waals surface area contributed by atoms with E-state index in [9.17, 15) is 13.7 Å². The third-order valence-corrected chi connectivity index (χ3v) is 4.15. The minimum atomic E-state index is -3.98. The van der Waals surface area contributed by atoms with E-state index >= 15 is 0 Å². The molecule has 0 radical (unpaired) electrons. The number of methoxy groups -OCH3 is 2. The second kappa shape index (κ2) is 8.15. The fourth-order valence-corrected chi connectivity index (χ4v) is 2.67. The van der Waals surface area contributed by atoms with Crippen molar-refractivity contribution in [3.8, 4) is 17.6 Å². The van der Waals surface area contributed by atoms with E-state index in [2.05, 4.69) is 11.4 Å². The monoisotopic (exact) mass is 342 g/mol. The molecule has 0 aromatic heterocycles. The van der Waals surface area contributed by atoms with Crippen LogP contribution in [0.2, 0.25) is 0 Å². The molecule has 0 aliphatic rings. The van der Waals surface area contributed by atoms with Gasteiger partial charge in [0.25, 0.3) is 10.1 Å². The van der Waals surface area contributed by atoms with Crippen LogP contribution < -0.4 is 14.8 Å². The molecule has 23 heavy (non-hydrogen) atoms. The average Bonchev–Trinajstić information content (AvgIpc) is 2.50. The summed E-state index contributed by atoms with van der Waals surface area (Å²) in [7, 11) is -0.888. The van der Waals surface area contributed by atoms with Gasteiger partial charge in [-0.3, -0.25) is 9.87 Å². The van der Waals surface area contributed by atoms with E-state index in [1.807, 2.05) is 6.07 Å². The summed E-state index contributed by atoms with van der Waals surface area (Å²) >= 11 is 0. The van der Waals surface area contributed by atoms with Gasteiger partial charge in [0.15, 0.2) is 11.5 Å². The lowest BCUT2D eigenvalue weighted by Gasteiger charge is -2.24.